The van der Waals surface area contributed by atoms with Crippen molar-refractivity contribution in [2.24, 2.45) is 0 Å². The first kappa shape index (κ1) is 15.4. The molecule has 0 aromatic heterocycles. The van der Waals surface area contributed by atoms with Gasteiger partial charge in [0.1, 0.15) is 6.10 Å². The summed E-state index contributed by atoms with van der Waals surface area (Å²) in [5, 5.41) is 22.5. The van der Waals surface area contributed by atoms with Crippen molar-refractivity contribution in [2.45, 2.75) is 19.1 Å². The highest BCUT2D eigenvalue weighted by molar-refractivity contribution is 5.90. The van der Waals surface area contributed by atoms with Gasteiger partial charge in [-0.2, -0.15) is 0 Å². The summed E-state index contributed by atoms with van der Waals surface area (Å²) in [4.78, 5) is 11.6. The van der Waals surface area contributed by atoms with Gasteiger partial charge < -0.3 is 26.0 Å². The van der Waals surface area contributed by atoms with Crippen molar-refractivity contribution < 1.29 is 19.7 Å². The molecule has 1 rings (SSSR count). The number of benzene rings is 1. The lowest BCUT2D eigenvalue weighted by Gasteiger charge is -2.20. The van der Waals surface area contributed by atoms with Gasteiger partial charge in [-0.15, -0.1) is 0 Å². The molecule has 0 bridgehead atoms. The first-order chi connectivity index (χ1) is 9.01. The van der Waals surface area contributed by atoms with Crippen LogP contribution in [0.5, 0.6) is 0 Å². The van der Waals surface area contributed by atoms with Crippen LogP contribution in [0.25, 0.3) is 0 Å². The Kier molecular flexibility index (Phi) is 5.75. The van der Waals surface area contributed by atoms with Crippen LogP contribution in [-0.2, 0) is 4.74 Å². The number of nitrogen functional groups attached to an aromatic ring is 1. The molecule has 19 heavy (non-hydrogen) atoms. The number of hydrogen-bond donors (Lipinski definition) is 4. The molecule has 2 atom stereocenters. The fraction of sp³-hybridized carbons (Fsp3) is 0.462. The summed E-state index contributed by atoms with van der Waals surface area (Å²) < 4.78 is 4.87. The Morgan fingerprint density at radius 2 is 2.16 bits per heavy atom. The van der Waals surface area contributed by atoms with Crippen LogP contribution in [-0.4, -0.2) is 42.5 Å². The SMILES string of the molecule is CCOC(=O)c1ccc(N)c(C(O)C(O)CNC)c1. The highest BCUT2D eigenvalue weighted by Gasteiger charge is 2.21. The lowest BCUT2D eigenvalue weighted by molar-refractivity contribution is 0.0205. The van der Waals surface area contributed by atoms with Gasteiger partial charge in [0, 0.05) is 17.8 Å². The van der Waals surface area contributed by atoms with Crippen molar-refractivity contribution in [3.8, 4) is 0 Å². The molecule has 0 aliphatic carbocycles. The Balaban J connectivity index is 2.99. The van der Waals surface area contributed by atoms with Gasteiger partial charge in [-0.1, -0.05) is 0 Å². The van der Waals surface area contributed by atoms with E-state index in [1.165, 1.54) is 18.2 Å². The monoisotopic (exact) mass is 268 g/mol. The summed E-state index contributed by atoms with van der Waals surface area (Å²) in [5.41, 5.74) is 6.68. The zero-order valence-corrected chi connectivity index (χ0v) is 11.1. The Morgan fingerprint density at radius 1 is 1.47 bits per heavy atom. The number of aliphatic hydroxyl groups excluding tert-OH is 2. The summed E-state index contributed by atoms with van der Waals surface area (Å²) in [6, 6.07) is 4.47. The number of nitrogens with two attached hydrogens (primary N) is 1. The van der Waals surface area contributed by atoms with E-state index in [0.29, 0.717) is 16.8 Å². The van der Waals surface area contributed by atoms with Crippen molar-refractivity contribution in [1.82, 2.24) is 5.32 Å². The topological polar surface area (TPSA) is 105 Å². The first-order valence-corrected chi connectivity index (χ1v) is 6.08. The molecule has 6 nitrogen and oxygen atoms in total. The van der Waals surface area contributed by atoms with E-state index in [1.54, 1.807) is 14.0 Å². The number of carbonyl (C=O) groups is 1. The molecule has 2 unspecified atom stereocenters. The normalized spacial score (nSPS) is 13.9. The molecule has 0 radical (unpaired) electrons. The van der Waals surface area contributed by atoms with Crippen LogP contribution in [0.4, 0.5) is 5.69 Å². The molecule has 0 heterocycles. The molecule has 0 spiro atoms. The molecule has 0 fully saturated rings. The highest BCUT2D eigenvalue weighted by Crippen LogP contribution is 2.24. The molecular formula is C13H20N2O4. The number of anilines is 1. The predicted molar refractivity (Wildman–Crippen MR) is 71.7 cm³/mol. The van der Waals surface area contributed by atoms with Gasteiger partial charge in [0.2, 0.25) is 0 Å². The van der Waals surface area contributed by atoms with Crippen LogP contribution >= 0.6 is 0 Å². The first-order valence-electron chi connectivity index (χ1n) is 6.08. The van der Waals surface area contributed by atoms with E-state index in [2.05, 4.69) is 5.32 Å². The molecule has 5 N–H and O–H groups in total. The third kappa shape index (κ3) is 3.92. The zero-order valence-electron chi connectivity index (χ0n) is 11.1. The maximum absolute atomic E-state index is 11.6. The summed E-state index contributed by atoms with van der Waals surface area (Å²) in [5.74, 6) is -0.487. The van der Waals surface area contributed by atoms with Crippen LogP contribution in [0.3, 0.4) is 0 Å². The van der Waals surface area contributed by atoms with Gasteiger partial charge in [0.05, 0.1) is 18.3 Å². The number of likely N-dealkylation sites (N-methyl/N-ethyl adjacent to an activating group) is 1. The second-order valence-corrected chi connectivity index (χ2v) is 4.13. The van der Waals surface area contributed by atoms with Crippen molar-refractivity contribution in [3.63, 3.8) is 0 Å². The van der Waals surface area contributed by atoms with Gasteiger partial charge in [-0.3, -0.25) is 0 Å². The molecule has 0 aliphatic rings. The largest absolute Gasteiger partial charge is 0.462 e. The Morgan fingerprint density at radius 3 is 2.74 bits per heavy atom. The average molecular weight is 268 g/mol. The Labute approximate surface area is 112 Å². The molecular weight excluding hydrogens is 248 g/mol. The van der Waals surface area contributed by atoms with Gasteiger partial charge in [0.15, 0.2) is 0 Å². The summed E-state index contributed by atoms with van der Waals surface area (Å²) in [6.07, 6.45) is -2.17. The third-order valence-electron chi connectivity index (χ3n) is 2.69. The number of esters is 1. The molecule has 0 saturated heterocycles. The standard InChI is InChI=1S/C13H20N2O4/c1-3-19-13(18)8-4-5-10(14)9(6-8)12(17)11(16)7-15-2/h4-6,11-12,15-17H,3,7,14H2,1-2H3. The second-order valence-electron chi connectivity index (χ2n) is 4.13. The van der Waals surface area contributed by atoms with Crippen molar-refractivity contribution >= 4 is 11.7 Å². The van der Waals surface area contributed by atoms with Crippen LogP contribution < -0.4 is 11.1 Å². The molecule has 1 aromatic carbocycles. The molecule has 1 aromatic rings. The van der Waals surface area contributed by atoms with Crippen molar-refractivity contribution in [3.05, 3.63) is 29.3 Å². The molecule has 0 amide bonds. The second kappa shape index (κ2) is 7.08. The third-order valence-corrected chi connectivity index (χ3v) is 2.69. The van der Waals surface area contributed by atoms with E-state index >= 15 is 0 Å². The van der Waals surface area contributed by atoms with E-state index in [9.17, 15) is 15.0 Å². The number of aliphatic hydroxyl groups is 2. The lowest BCUT2D eigenvalue weighted by Crippen LogP contribution is -2.30. The van der Waals surface area contributed by atoms with Crippen LogP contribution in [0.1, 0.15) is 28.9 Å². The van der Waals surface area contributed by atoms with Crippen molar-refractivity contribution in [2.75, 3.05) is 25.9 Å². The summed E-state index contributed by atoms with van der Waals surface area (Å²) >= 11 is 0. The predicted octanol–water partition coefficient (Wildman–Crippen LogP) is 0.0592. The van der Waals surface area contributed by atoms with Gasteiger partial charge in [-0.05, 0) is 32.2 Å². The number of nitrogens with one attached hydrogen (secondary N) is 1. The number of ether oxygens (including phenoxy) is 1. The smallest absolute Gasteiger partial charge is 0.338 e. The van der Waals surface area contributed by atoms with Crippen LogP contribution in [0.2, 0.25) is 0 Å². The minimum atomic E-state index is -1.16. The molecule has 6 heteroatoms. The van der Waals surface area contributed by atoms with Gasteiger partial charge in [-0.25, -0.2) is 4.79 Å². The van der Waals surface area contributed by atoms with Crippen molar-refractivity contribution in [1.29, 1.82) is 0 Å². The van der Waals surface area contributed by atoms with E-state index in [-0.39, 0.29) is 13.2 Å². The summed E-state index contributed by atoms with van der Waals surface area (Å²) in [6.45, 7) is 2.19. The zero-order chi connectivity index (χ0) is 14.4. The number of rotatable bonds is 6. The quantitative estimate of drug-likeness (QED) is 0.429. The fourth-order valence-electron chi connectivity index (χ4n) is 1.70. The van der Waals surface area contributed by atoms with Crippen LogP contribution in [0, 0.1) is 0 Å². The molecule has 106 valence electrons. The van der Waals surface area contributed by atoms with E-state index in [4.69, 9.17) is 10.5 Å². The van der Waals surface area contributed by atoms with E-state index < -0.39 is 18.2 Å². The summed E-state index contributed by atoms with van der Waals surface area (Å²) in [7, 11) is 1.66. The molecule has 0 saturated carbocycles. The van der Waals surface area contributed by atoms with E-state index in [1.807, 2.05) is 0 Å². The molecule has 0 aliphatic heterocycles. The highest BCUT2D eigenvalue weighted by atomic mass is 16.5. The van der Waals surface area contributed by atoms with Gasteiger partial charge >= 0.3 is 5.97 Å². The maximum atomic E-state index is 11.6. The van der Waals surface area contributed by atoms with Gasteiger partial charge in [0.25, 0.3) is 0 Å². The maximum Gasteiger partial charge on any atom is 0.338 e. The number of hydrogen-bond acceptors (Lipinski definition) is 6. The Bertz CT molecular complexity index is 437. The minimum Gasteiger partial charge on any atom is -0.462 e. The van der Waals surface area contributed by atoms with Crippen LogP contribution in [0.15, 0.2) is 18.2 Å². The lowest BCUT2D eigenvalue weighted by atomic mass is 10.00. The average Bonchev–Trinajstić information content (AvgIpc) is 2.39. The Hall–Kier alpha value is -1.63. The minimum absolute atomic E-state index is 0.213. The number of carbonyl (C=O) groups excluding carboxylic acids is 1. The van der Waals surface area contributed by atoms with E-state index in [0.717, 1.165) is 0 Å². The fourth-order valence-corrected chi connectivity index (χ4v) is 1.70.